The highest BCUT2D eigenvalue weighted by molar-refractivity contribution is 6.30. The van der Waals surface area contributed by atoms with E-state index in [4.69, 9.17) is 11.6 Å². The predicted octanol–water partition coefficient (Wildman–Crippen LogP) is 5.35. The van der Waals surface area contributed by atoms with Gasteiger partial charge in [0.1, 0.15) is 5.56 Å². The molecule has 0 radical (unpaired) electrons. The highest BCUT2D eigenvalue weighted by Crippen LogP contribution is 2.37. The fraction of sp³-hybridized carbons (Fsp3) is 0.0588. The number of carbonyl (C=O) groups is 1. The van der Waals surface area contributed by atoms with Crippen LogP contribution in [0.4, 0.5) is 24.5 Å². The van der Waals surface area contributed by atoms with E-state index in [1.54, 1.807) is 18.2 Å². The van der Waals surface area contributed by atoms with Crippen molar-refractivity contribution in [2.45, 2.75) is 6.18 Å². The monoisotopic (exact) mass is 366 g/mol. The molecule has 2 aromatic carbocycles. The smallest absolute Gasteiger partial charge is 0.418 e. The van der Waals surface area contributed by atoms with Gasteiger partial charge in [-0.3, -0.25) is 4.98 Å². The molecule has 1 heterocycles. The minimum atomic E-state index is -4.61. The van der Waals surface area contributed by atoms with E-state index < -0.39 is 17.7 Å². The van der Waals surface area contributed by atoms with Crippen molar-refractivity contribution < 1.29 is 23.1 Å². The van der Waals surface area contributed by atoms with E-state index in [1.165, 1.54) is 18.2 Å². The van der Waals surface area contributed by atoms with Crippen LogP contribution in [0.1, 0.15) is 15.9 Å². The van der Waals surface area contributed by atoms with Crippen molar-refractivity contribution in [1.82, 2.24) is 4.98 Å². The molecular formula is C17H10ClF3N2O2. The van der Waals surface area contributed by atoms with Gasteiger partial charge in [-0.25, -0.2) is 4.79 Å². The Kier molecular flexibility index (Phi) is 4.26. The Hall–Kier alpha value is -2.80. The number of para-hydroxylation sites is 1. The molecule has 1 aromatic heterocycles. The van der Waals surface area contributed by atoms with Gasteiger partial charge in [0, 0.05) is 22.3 Å². The van der Waals surface area contributed by atoms with Crippen LogP contribution in [0.3, 0.4) is 0 Å². The third-order valence-corrected chi connectivity index (χ3v) is 3.76. The topological polar surface area (TPSA) is 62.2 Å². The van der Waals surface area contributed by atoms with Crippen LogP contribution < -0.4 is 5.32 Å². The molecule has 4 nitrogen and oxygen atoms in total. The van der Waals surface area contributed by atoms with Crippen molar-refractivity contribution in [3.8, 4) is 0 Å². The second-order valence-corrected chi connectivity index (χ2v) is 5.62. The highest BCUT2D eigenvalue weighted by atomic mass is 35.5. The van der Waals surface area contributed by atoms with Crippen molar-refractivity contribution in [2.75, 3.05) is 5.32 Å². The average Bonchev–Trinajstić information content (AvgIpc) is 2.53. The summed E-state index contributed by atoms with van der Waals surface area (Å²) in [6.45, 7) is 0. The number of nitrogens with zero attached hydrogens (tertiary/aromatic N) is 1. The highest BCUT2D eigenvalue weighted by Gasteiger charge is 2.34. The number of carboxylic acid groups (broad SMARTS) is 1. The fourth-order valence-corrected chi connectivity index (χ4v) is 2.65. The minimum absolute atomic E-state index is 0.0193. The van der Waals surface area contributed by atoms with Crippen LogP contribution in [0.2, 0.25) is 5.02 Å². The third kappa shape index (κ3) is 3.36. The lowest BCUT2D eigenvalue weighted by molar-refractivity contribution is -0.136. The number of halogens is 4. The lowest BCUT2D eigenvalue weighted by Crippen LogP contribution is -2.09. The van der Waals surface area contributed by atoms with E-state index in [-0.39, 0.29) is 22.2 Å². The first-order chi connectivity index (χ1) is 11.8. The SMILES string of the molecule is O=C(O)c1cnc2c(C(F)(F)F)cccc2c1Nc1cccc(Cl)c1. The summed E-state index contributed by atoms with van der Waals surface area (Å²) in [5.41, 5.74) is -1.04. The van der Waals surface area contributed by atoms with Crippen LogP contribution in [0.15, 0.2) is 48.7 Å². The van der Waals surface area contributed by atoms with Crippen LogP contribution in [-0.4, -0.2) is 16.1 Å². The summed E-state index contributed by atoms with van der Waals surface area (Å²) in [6.07, 6.45) is -3.70. The normalized spacial score (nSPS) is 11.5. The number of hydrogen-bond acceptors (Lipinski definition) is 3. The van der Waals surface area contributed by atoms with Crippen molar-refractivity contribution >= 4 is 39.8 Å². The first-order valence-corrected chi connectivity index (χ1v) is 7.40. The van der Waals surface area contributed by atoms with Gasteiger partial charge >= 0.3 is 12.1 Å². The molecule has 0 aliphatic carbocycles. The molecule has 0 amide bonds. The van der Waals surface area contributed by atoms with Gasteiger partial charge in [-0.05, 0) is 24.3 Å². The Morgan fingerprint density at radius 3 is 2.52 bits per heavy atom. The summed E-state index contributed by atoms with van der Waals surface area (Å²) >= 11 is 5.90. The summed E-state index contributed by atoms with van der Waals surface area (Å²) in [5.74, 6) is -1.31. The second kappa shape index (κ2) is 6.25. The molecule has 128 valence electrons. The van der Waals surface area contributed by atoms with Gasteiger partial charge in [-0.15, -0.1) is 0 Å². The third-order valence-electron chi connectivity index (χ3n) is 3.53. The molecule has 3 aromatic rings. The Bertz CT molecular complexity index is 974. The maximum absolute atomic E-state index is 13.2. The van der Waals surface area contributed by atoms with Gasteiger partial charge < -0.3 is 10.4 Å². The molecule has 0 bridgehead atoms. The summed E-state index contributed by atoms with van der Waals surface area (Å²) in [5, 5.41) is 12.7. The first-order valence-electron chi connectivity index (χ1n) is 7.02. The van der Waals surface area contributed by atoms with Crippen LogP contribution in [0, 0.1) is 0 Å². The molecular weight excluding hydrogens is 357 g/mol. The van der Waals surface area contributed by atoms with Gasteiger partial charge in [-0.2, -0.15) is 13.2 Å². The molecule has 25 heavy (non-hydrogen) atoms. The van der Waals surface area contributed by atoms with Crippen LogP contribution in [0.25, 0.3) is 10.9 Å². The fourth-order valence-electron chi connectivity index (χ4n) is 2.46. The zero-order chi connectivity index (χ0) is 18.2. The molecule has 0 atom stereocenters. The number of alkyl halides is 3. The molecule has 0 saturated carbocycles. The lowest BCUT2D eigenvalue weighted by Gasteiger charge is -2.15. The number of fused-ring (bicyclic) bond motifs is 1. The summed E-state index contributed by atoms with van der Waals surface area (Å²) in [6, 6.07) is 9.91. The number of aromatic nitrogens is 1. The van der Waals surface area contributed by atoms with Gasteiger partial charge in [0.2, 0.25) is 0 Å². The number of carboxylic acids is 1. The van der Waals surface area contributed by atoms with E-state index in [9.17, 15) is 23.1 Å². The number of rotatable bonds is 3. The molecule has 0 aliphatic heterocycles. The average molecular weight is 367 g/mol. The van der Waals surface area contributed by atoms with Crippen molar-refractivity contribution in [3.05, 3.63) is 64.8 Å². The lowest BCUT2D eigenvalue weighted by atomic mass is 10.0. The number of benzene rings is 2. The van der Waals surface area contributed by atoms with Crippen molar-refractivity contribution in [1.29, 1.82) is 0 Å². The second-order valence-electron chi connectivity index (χ2n) is 5.19. The van der Waals surface area contributed by atoms with Gasteiger partial charge in [0.15, 0.2) is 0 Å². The number of pyridine rings is 1. The van der Waals surface area contributed by atoms with Crippen LogP contribution in [0.5, 0.6) is 0 Å². The molecule has 0 saturated heterocycles. The maximum Gasteiger partial charge on any atom is 0.418 e. The Labute approximate surface area is 144 Å². The van der Waals surface area contributed by atoms with E-state index >= 15 is 0 Å². The Morgan fingerprint density at radius 2 is 1.88 bits per heavy atom. The standard InChI is InChI=1S/C17H10ClF3N2O2/c18-9-3-1-4-10(7-9)23-14-11-5-2-6-13(17(19,20)21)15(11)22-8-12(14)16(24)25/h1-8H,(H,22,23)(H,24,25). The van der Waals surface area contributed by atoms with Crippen LogP contribution in [-0.2, 0) is 6.18 Å². The minimum Gasteiger partial charge on any atom is -0.478 e. The number of aromatic carboxylic acids is 1. The summed E-state index contributed by atoms with van der Waals surface area (Å²) in [4.78, 5) is 15.2. The predicted molar refractivity (Wildman–Crippen MR) is 88.4 cm³/mol. The van der Waals surface area contributed by atoms with E-state index in [2.05, 4.69) is 10.3 Å². The molecule has 0 unspecified atom stereocenters. The maximum atomic E-state index is 13.2. The van der Waals surface area contributed by atoms with E-state index in [0.717, 1.165) is 12.3 Å². The number of nitrogens with one attached hydrogen (secondary N) is 1. The molecule has 0 fully saturated rings. The molecule has 0 aliphatic rings. The Balaban J connectivity index is 2.27. The van der Waals surface area contributed by atoms with Crippen molar-refractivity contribution in [3.63, 3.8) is 0 Å². The number of hydrogen-bond donors (Lipinski definition) is 2. The quantitative estimate of drug-likeness (QED) is 0.656. The zero-order valence-electron chi connectivity index (χ0n) is 12.4. The van der Waals surface area contributed by atoms with Gasteiger partial charge in [0.25, 0.3) is 0 Å². The summed E-state index contributed by atoms with van der Waals surface area (Å²) < 4.78 is 39.6. The number of anilines is 2. The first kappa shape index (κ1) is 17.0. The molecule has 2 N–H and O–H groups in total. The molecule has 8 heteroatoms. The van der Waals surface area contributed by atoms with E-state index in [1.807, 2.05) is 0 Å². The van der Waals surface area contributed by atoms with E-state index in [0.29, 0.717) is 10.7 Å². The molecule has 3 rings (SSSR count). The van der Waals surface area contributed by atoms with Gasteiger partial charge in [-0.1, -0.05) is 29.8 Å². The van der Waals surface area contributed by atoms with Gasteiger partial charge in [0.05, 0.1) is 16.8 Å². The van der Waals surface area contributed by atoms with Crippen LogP contribution >= 0.6 is 11.6 Å². The Morgan fingerprint density at radius 1 is 1.16 bits per heavy atom. The zero-order valence-corrected chi connectivity index (χ0v) is 13.2. The largest absolute Gasteiger partial charge is 0.478 e. The van der Waals surface area contributed by atoms with Crippen molar-refractivity contribution in [2.24, 2.45) is 0 Å². The molecule has 0 spiro atoms. The summed E-state index contributed by atoms with van der Waals surface area (Å²) in [7, 11) is 0.